The maximum absolute atomic E-state index is 6.03. The maximum atomic E-state index is 6.03. The Kier molecular flexibility index (Phi) is 4.18. The summed E-state index contributed by atoms with van der Waals surface area (Å²) < 4.78 is 0. The van der Waals surface area contributed by atoms with Gasteiger partial charge in [0, 0.05) is 16.2 Å². The van der Waals surface area contributed by atoms with Gasteiger partial charge in [-0.05, 0) is 67.6 Å². The molecule has 0 atom stereocenters. The third-order valence-electron chi connectivity index (χ3n) is 4.41. The largest absolute Gasteiger partial charge is 0.399 e. The normalized spacial score (nSPS) is 16.4. The molecular weight excluding hydrogens is 280 g/mol. The van der Waals surface area contributed by atoms with Crippen molar-refractivity contribution in [3.63, 3.8) is 0 Å². The zero-order chi connectivity index (χ0) is 14.7. The summed E-state index contributed by atoms with van der Waals surface area (Å²) in [7, 11) is 0. The zero-order valence-corrected chi connectivity index (χ0v) is 12.9. The van der Waals surface area contributed by atoms with Crippen molar-refractivity contribution in [2.24, 2.45) is 0 Å². The predicted octanol–water partition coefficient (Wildman–Crippen LogP) is 4.13. The van der Waals surface area contributed by atoms with E-state index in [0.717, 1.165) is 23.7 Å². The second-order valence-corrected chi connectivity index (χ2v) is 6.30. The number of nitrogens with two attached hydrogens (primary N) is 1. The van der Waals surface area contributed by atoms with Crippen LogP contribution in [0.25, 0.3) is 0 Å². The third-order valence-corrected chi connectivity index (χ3v) is 4.65. The zero-order valence-electron chi connectivity index (χ0n) is 12.1. The molecule has 2 aromatic carbocycles. The van der Waals surface area contributed by atoms with Crippen LogP contribution < -0.4 is 11.1 Å². The van der Waals surface area contributed by atoms with Crippen molar-refractivity contribution < 1.29 is 0 Å². The fourth-order valence-corrected chi connectivity index (χ4v) is 3.29. The van der Waals surface area contributed by atoms with E-state index in [9.17, 15) is 0 Å². The lowest BCUT2D eigenvalue weighted by Crippen LogP contribution is -2.48. The minimum Gasteiger partial charge on any atom is -0.399 e. The van der Waals surface area contributed by atoms with E-state index in [1.54, 1.807) is 0 Å². The maximum Gasteiger partial charge on any atom is 0.0435 e. The van der Waals surface area contributed by atoms with E-state index < -0.39 is 0 Å². The molecule has 1 saturated carbocycles. The van der Waals surface area contributed by atoms with Gasteiger partial charge in [0.2, 0.25) is 0 Å². The van der Waals surface area contributed by atoms with Crippen LogP contribution in [-0.2, 0) is 12.0 Å². The molecular formula is C18H21ClN2. The molecule has 2 nitrogen and oxygen atoms in total. The van der Waals surface area contributed by atoms with Crippen LogP contribution in [0.4, 0.5) is 5.69 Å². The van der Waals surface area contributed by atoms with Crippen molar-refractivity contribution in [1.82, 2.24) is 5.32 Å². The van der Waals surface area contributed by atoms with Crippen LogP contribution in [0, 0.1) is 0 Å². The molecule has 0 saturated heterocycles. The van der Waals surface area contributed by atoms with Crippen molar-refractivity contribution in [2.75, 3.05) is 12.3 Å². The molecule has 21 heavy (non-hydrogen) atoms. The quantitative estimate of drug-likeness (QED) is 0.815. The summed E-state index contributed by atoms with van der Waals surface area (Å²) in [5, 5.41) is 4.55. The van der Waals surface area contributed by atoms with Crippen LogP contribution in [0.2, 0.25) is 5.02 Å². The van der Waals surface area contributed by atoms with Gasteiger partial charge in [0.05, 0.1) is 0 Å². The lowest BCUT2D eigenvalue weighted by Gasteiger charge is -2.43. The Morgan fingerprint density at radius 2 is 1.90 bits per heavy atom. The molecule has 0 bridgehead atoms. The lowest BCUT2D eigenvalue weighted by atomic mass is 9.71. The van der Waals surface area contributed by atoms with Crippen LogP contribution in [0.5, 0.6) is 0 Å². The first-order valence-electron chi connectivity index (χ1n) is 7.53. The van der Waals surface area contributed by atoms with Crippen LogP contribution in [0.1, 0.15) is 30.4 Å². The average Bonchev–Trinajstić information content (AvgIpc) is 2.42. The first-order valence-corrected chi connectivity index (χ1v) is 7.91. The molecule has 3 rings (SSSR count). The molecule has 3 N–H and O–H groups in total. The molecule has 1 aliphatic carbocycles. The number of nitrogens with one attached hydrogen (secondary N) is 1. The Hall–Kier alpha value is -1.51. The van der Waals surface area contributed by atoms with E-state index in [1.807, 2.05) is 30.3 Å². The summed E-state index contributed by atoms with van der Waals surface area (Å²) in [4.78, 5) is 0. The smallest absolute Gasteiger partial charge is 0.0435 e. The molecule has 0 radical (unpaired) electrons. The minimum atomic E-state index is 0.119. The number of hydrogen-bond acceptors (Lipinski definition) is 2. The molecule has 2 aromatic rings. The molecule has 0 aliphatic heterocycles. The topological polar surface area (TPSA) is 38.0 Å². The van der Waals surface area contributed by atoms with Crippen LogP contribution >= 0.6 is 11.6 Å². The van der Waals surface area contributed by atoms with Crippen molar-refractivity contribution in [2.45, 2.75) is 31.2 Å². The summed E-state index contributed by atoms with van der Waals surface area (Å²) in [6.07, 6.45) is 4.64. The summed E-state index contributed by atoms with van der Waals surface area (Å²) >= 11 is 6.03. The first kappa shape index (κ1) is 14.4. The minimum absolute atomic E-state index is 0.119. The second-order valence-electron chi connectivity index (χ2n) is 5.87. The van der Waals surface area contributed by atoms with Gasteiger partial charge >= 0.3 is 0 Å². The van der Waals surface area contributed by atoms with Crippen molar-refractivity contribution >= 4 is 17.3 Å². The standard InChI is InChI=1S/C18H21ClN2/c19-16-6-1-4-14(12-16)8-11-21-18(9-3-10-18)15-5-2-7-17(20)13-15/h1-2,4-7,12-13,21H,3,8-11,20H2. The highest BCUT2D eigenvalue weighted by atomic mass is 35.5. The molecule has 110 valence electrons. The Balaban J connectivity index is 1.65. The fraction of sp³-hybridized carbons (Fsp3) is 0.333. The van der Waals surface area contributed by atoms with E-state index in [4.69, 9.17) is 17.3 Å². The number of rotatable bonds is 5. The van der Waals surface area contributed by atoms with Crippen LogP contribution in [-0.4, -0.2) is 6.54 Å². The summed E-state index contributed by atoms with van der Waals surface area (Å²) in [5.41, 5.74) is 9.48. The monoisotopic (exact) mass is 300 g/mol. The van der Waals surface area contributed by atoms with Gasteiger partial charge in [0.1, 0.15) is 0 Å². The highest BCUT2D eigenvalue weighted by Crippen LogP contribution is 2.41. The van der Waals surface area contributed by atoms with Gasteiger partial charge in [-0.15, -0.1) is 0 Å². The number of halogens is 1. The molecule has 0 unspecified atom stereocenters. The molecule has 0 amide bonds. The van der Waals surface area contributed by atoms with Gasteiger partial charge < -0.3 is 11.1 Å². The van der Waals surface area contributed by atoms with Gasteiger partial charge in [-0.1, -0.05) is 35.9 Å². The van der Waals surface area contributed by atoms with Gasteiger partial charge in [0.15, 0.2) is 0 Å². The van der Waals surface area contributed by atoms with Crippen molar-refractivity contribution in [3.05, 3.63) is 64.7 Å². The van der Waals surface area contributed by atoms with Gasteiger partial charge in [-0.3, -0.25) is 0 Å². The Morgan fingerprint density at radius 1 is 1.10 bits per heavy atom. The molecule has 1 aliphatic rings. The van der Waals surface area contributed by atoms with Crippen LogP contribution in [0.3, 0.4) is 0 Å². The Labute approximate surface area is 131 Å². The lowest BCUT2D eigenvalue weighted by molar-refractivity contribution is 0.187. The number of anilines is 1. The average molecular weight is 301 g/mol. The molecule has 1 fully saturated rings. The number of benzene rings is 2. The van der Waals surface area contributed by atoms with Crippen LogP contribution in [0.15, 0.2) is 48.5 Å². The van der Waals surface area contributed by atoms with E-state index in [1.165, 1.54) is 30.4 Å². The molecule has 0 heterocycles. The summed E-state index contributed by atoms with van der Waals surface area (Å²) in [5.74, 6) is 0. The SMILES string of the molecule is Nc1cccc(C2(NCCc3cccc(Cl)c3)CCC2)c1. The van der Waals surface area contributed by atoms with Gasteiger partial charge in [-0.25, -0.2) is 0 Å². The first-order chi connectivity index (χ1) is 10.2. The molecule has 3 heteroatoms. The van der Waals surface area contributed by atoms with E-state index in [2.05, 4.69) is 23.5 Å². The Bertz CT molecular complexity index is 620. The van der Waals surface area contributed by atoms with E-state index >= 15 is 0 Å². The second kappa shape index (κ2) is 6.08. The van der Waals surface area contributed by atoms with Gasteiger partial charge in [0.25, 0.3) is 0 Å². The highest BCUT2D eigenvalue weighted by Gasteiger charge is 2.37. The number of hydrogen-bond donors (Lipinski definition) is 2. The highest BCUT2D eigenvalue weighted by molar-refractivity contribution is 6.30. The third kappa shape index (κ3) is 3.22. The number of nitrogen functional groups attached to an aromatic ring is 1. The van der Waals surface area contributed by atoms with Crippen molar-refractivity contribution in [3.8, 4) is 0 Å². The Morgan fingerprint density at radius 3 is 2.57 bits per heavy atom. The molecule has 0 spiro atoms. The fourth-order valence-electron chi connectivity index (χ4n) is 3.07. The predicted molar refractivity (Wildman–Crippen MR) is 89.5 cm³/mol. The summed E-state index contributed by atoms with van der Waals surface area (Å²) in [6.45, 7) is 0.954. The molecule has 0 aromatic heterocycles. The van der Waals surface area contributed by atoms with Gasteiger partial charge in [-0.2, -0.15) is 0 Å². The van der Waals surface area contributed by atoms with E-state index in [-0.39, 0.29) is 5.54 Å². The van der Waals surface area contributed by atoms with Crippen molar-refractivity contribution in [1.29, 1.82) is 0 Å². The summed E-state index contributed by atoms with van der Waals surface area (Å²) in [6, 6.07) is 16.4. The van der Waals surface area contributed by atoms with E-state index in [0.29, 0.717) is 0 Å².